The van der Waals surface area contributed by atoms with Crippen LogP contribution in [0.3, 0.4) is 0 Å². The van der Waals surface area contributed by atoms with Crippen molar-refractivity contribution >= 4 is 11.3 Å². The molecule has 0 atom stereocenters. The van der Waals surface area contributed by atoms with E-state index in [4.69, 9.17) is 10.00 Å². The second kappa shape index (κ2) is 5.71. The zero-order valence-electron chi connectivity index (χ0n) is 12.4. The fourth-order valence-corrected chi connectivity index (χ4v) is 2.61. The van der Waals surface area contributed by atoms with E-state index in [1.807, 2.05) is 30.3 Å². The number of hydrogen-bond acceptors (Lipinski definition) is 5. The number of ether oxygens (including phenoxy) is 1. The SMILES string of the molecule is N#Cc1ccc(-c2cc(NCC3COC3)cc3ncnn23)cc1. The van der Waals surface area contributed by atoms with Crippen molar-refractivity contribution in [3.05, 3.63) is 48.3 Å². The predicted molar refractivity (Wildman–Crippen MR) is 85.9 cm³/mol. The highest BCUT2D eigenvalue weighted by Gasteiger charge is 2.18. The Kier molecular flexibility index (Phi) is 3.41. The maximum atomic E-state index is 8.93. The number of nitrogens with one attached hydrogen (secondary N) is 1. The molecule has 1 aliphatic rings. The summed E-state index contributed by atoms with van der Waals surface area (Å²) < 4.78 is 7.01. The highest BCUT2D eigenvalue weighted by atomic mass is 16.5. The maximum Gasteiger partial charge on any atom is 0.158 e. The van der Waals surface area contributed by atoms with Crippen LogP contribution in [0.25, 0.3) is 16.9 Å². The first-order chi connectivity index (χ1) is 11.3. The molecule has 1 saturated heterocycles. The molecule has 0 saturated carbocycles. The fraction of sp³-hybridized carbons (Fsp3) is 0.235. The summed E-state index contributed by atoms with van der Waals surface area (Å²) in [6.07, 6.45) is 1.55. The summed E-state index contributed by atoms with van der Waals surface area (Å²) in [5.74, 6) is 0.572. The standard InChI is InChI=1S/C17H15N5O/c18-7-12-1-3-14(4-2-12)16-5-15(19-8-13-9-23-10-13)6-17-20-11-21-22(16)17/h1-6,11,13,19H,8-10H2. The van der Waals surface area contributed by atoms with Crippen LogP contribution in [0.5, 0.6) is 0 Å². The number of aromatic nitrogens is 3. The van der Waals surface area contributed by atoms with E-state index < -0.39 is 0 Å². The summed E-state index contributed by atoms with van der Waals surface area (Å²) in [5.41, 5.74) is 4.38. The lowest BCUT2D eigenvalue weighted by atomic mass is 10.1. The van der Waals surface area contributed by atoms with Gasteiger partial charge in [0.2, 0.25) is 0 Å². The molecular formula is C17H15N5O. The molecule has 114 valence electrons. The first-order valence-corrected chi connectivity index (χ1v) is 7.49. The van der Waals surface area contributed by atoms with E-state index in [1.165, 1.54) is 0 Å². The number of benzene rings is 1. The molecule has 6 nitrogen and oxygen atoms in total. The first kappa shape index (κ1) is 13.7. The van der Waals surface area contributed by atoms with E-state index in [9.17, 15) is 0 Å². The molecular weight excluding hydrogens is 290 g/mol. The van der Waals surface area contributed by atoms with Crippen LogP contribution in [-0.2, 0) is 4.74 Å². The van der Waals surface area contributed by atoms with Crippen molar-refractivity contribution in [2.75, 3.05) is 25.1 Å². The van der Waals surface area contributed by atoms with E-state index in [2.05, 4.69) is 27.5 Å². The minimum Gasteiger partial charge on any atom is -0.384 e. The summed E-state index contributed by atoms with van der Waals surface area (Å²) in [7, 11) is 0. The molecule has 0 bridgehead atoms. The first-order valence-electron chi connectivity index (χ1n) is 7.49. The van der Waals surface area contributed by atoms with Crippen molar-refractivity contribution in [3.8, 4) is 17.3 Å². The predicted octanol–water partition coefficient (Wildman–Crippen LogP) is 2.33. The monoisotopic (exact) mass is 305 g/mol. The number of pyridine rings is 1. The Labute approximate surface area is 133 Å². The molecule has 0 unspecified atom stereocenters. The van der Waals surface area contributed by atoms with Crippen molar-refractivity contribution < 1.29 is 4.74 Å². The smallest absolute Gasteiger partial charge is 0.158 e. The lowest BCUT2D eigenvalue weighted by molar-refractivity contribution is -0.0248. The van der Waals surface area contributed by atoms with Crippen LogP contribution < -0.4 is 5.32 Å². The van der Waals surface area contributed by atoms with Gasteiger partial charge >= 0.3 is 0 Å². The van der Waals surface area contributed by atoms with Crippen LogP contribution in [0, 0.1) is 17.2 Å². The lowest BCUT2D eigenvalue weighted by Gasteiger charge is -2.26. The summed E-state index contributed by atoms with van der Waals surface area (Å²) >= 11 is 0. The number of nitriles is 1. The van der Waals surface area contributed by atoms with E-state index >= 15 is 0 Å². The van der Waals surface area contributed by atoms with Gasteiger partial charge in [0.15, 0.2) is 5.65 Å². The third-order valence-corrected chi connectivity index (χ3v) is 3.99. The van der Waals surface area contributed by atoms with E-state index in [1.54, 1.807) is 10.8 Å². The number of hydrogen-bond donors (Lipinski definition) is 1. The van der Waals surface area contributed by atoms with Gasteiger partial charge in [-0.25, -0.2) is 9.50 Å². The molecule has 2 aromatic heterocycles. The summed E-state index contributed by atoms with van der Waals surface area (Å²) in [6.45, 7) is 2.53. The van der Waals surface area contributed by atoms with Crippen LogP contribution >= 0.6 is 0 Å². The normalized spacial score (nSPS) is 14.4. The molecule has 3 heterocycles. The van der Waals surface area contributed by atoms with Gasteiger partial charge < -0.3 is 10.1 Å². The minimum absolute atomic E-state index is 0.572. The van der Waals surface area contributed by atoms with Gasteiger partial charge in [-0.3, -0.25) is 0 Å². The molecule has 0 amide bonds. The van der Waals surface area contributed by atoms with Crippen LogP contribution in [0.2, 0.25) is 0 Å². The van der Waals surface area contributed by atoms with Gasteiger partial charge in [-0.2, -0.15) is 10.4 Å². The van der Waals surface area contributed by atoms with Gasteiger partial charge in [0.05, 0.1) is 30.5 Å². The van der Waals surface area contributed by atoms with Crippen LogP contribution in [0.15, 0.2) is 42.7 Å². The summed E-state index contributed by atoms with van der Waals surface area (Å²) in [6, 6.07) is 13.7. The van der Waals surface area contributed by atoms with Gasteiger partial charge in [-0.05, 0) is 18.2 Å². The lowest BCUT2D eigenvalue weighted by Crippen LogP contribution is -2.33. The molecule has 6 heteroatoms. The molecule has 0 aliphatic carbocycles. The van der Waals surface area contributed by atoms with Crippen LogP contribution in [0.4, 0.5) is 5.69 Å². The highest BCUT2D eigenvalue weighted by Crippen LogP contribution is 2.25. The largest absolute Gasteiger partial charge is 0.384 e. The molecule has 0 radical (unpaired) electrons. The average molecular weight is 305 g/mol. The number of fused-ring (bicyclic) bond motifs is 1. The third-order valence-electron chi connectivity index (χ3n) is 3.99. The van der Waals surface area contributed by atoms with Gasteiger partial charge in [0, 0.05) is 29.8 Å². The van der Waals surface area contributed by atoms with Crippen molar-refractivity contribution in [1.29, 1.82) is 5.26 Å². The zero-order valence-corrected chi connectivity index (χ0v) is 12.4. The molecule has 23 heavy (non-hydrogen) atoms. The van der Waals surface area contributed by atoms with Gasteiger partial charge in [0.25, 0.3) is 0 Å². The molecule has 0 spiro atoms. The molecule has 1 aliphatic heterocycles. The van der Waals surface area contributed by atoms with Gasteiger partial charge in [0.1, 0.15) is 6.33 Å². The second-order valence-corrected chi connectivity index (χ2v) is 5.63. The van der Waals surface area contributed by atoms with Crippen molar-refractivity contribution in [3.63, 3.8) is 0 Å². The summed E-state index contributed by atoms with van der Waals surface area (Å²) in [4.78, 5) is 4.30. The Balaban J connectivity index is 1.70. The Morgan fingerprint density at radius 1 is 1.26 bits per heavy atom. The molecule has 4 rings (SSSR count). The number of nitrogens with zero attached hydrogens (tertiary/aromatic N) is 4. The third kappa shape index (κ3) is 2.62. The molecule has 1 fully saturated rings. The van der Waals surface area contributed by atoms with E-state index in [0.29, 0.717) is 11.5 Å². The van der Waals surface area contributed by atoms with Crippen LogP contribution in [0.1, 0.15) is 5.56 Å². The number of anilines is 1. The molecule has 1 N–H and O–H groups in total. The molecule has 3 aromatic rings. The molecule has 1 aromatic carbocycles. The Bertz CT molecular complexity index is 874. The van der Waals surface area contributed by atoms with Crippen molar-refractivity contribution in [2.45, 2.75) is 0 Å². The van der Waals surface area contributed by atoms with E-state index in [-0.39, 0.29) is 0 Å². The number of rotatable bonds is 4. The summed E-state index contributed by atoms with van der Waals surface area (Å²) in [5, 5.41) is 16.7. The second-order valence-electron chi connectivity index (χ2n) is 5.63. The maximum absolute atomic E-state index is 8.93. The average Bonchev–Trinajstić information content (AvgIpc) is 3.01. The van der Waals surface area contributed by atoms with Crippen molar-refractivity contribution in [1.82, 2.24) is 14.6 Å². The highest BCUT2D eigenvalue weighted by molar-refractivity contribution is 5.70. The van der Waals surface area contributed by atoms with E-state index in [0.717, 1.165) is 42.4 Å². The van der Waals surface area contributed by atoms with Gasteiger partial charge in [-0.15, -0.1) is 0 Å². The topological polar surface area (TPSA) is 75.2 Å². The zero-order chi connectivity index (χ0) is 15.6. The Morgan fingerprint density at radius 2 is 2.09 bits per heavy atom. The van der Waals surface area contributed by atoms with Crippen molar-refractivity contribution in [2.24, 2.45) is 5.92 Å². The van der Waals surface area contributed by atoms with Crippen LogP contribution in [-0.4, -0.2) is 34.4 Å². The van der Waals surface area contributed by atoms with Gasteiger partial charge in [-0.1, -0.05) is 12.1 Å². The Hall–Kier alpha value is -2.91. The quantitative estimate of drug-likeness (QED) is 0.800. The fourth-order valence-electron chi connectivity index (χ4n) is 2.61. The Morgan fingerprint density at radius 3 is 2.78 bits per heavy atom. The minimum atomic E-state index is 0.572.